The van der Waals surface area contributed by atoms with E-state index in [0.717, 1.165) is 0 Å². The third kappa shape index (κ3) is 1.56. The number of esters is 1. The lowest BCUT2D eigenvalue weighted by atomic mass is 10.1. The van der Waals surface area contributed by atoms with Crippen molar-refractivity contribution in [1.29, 1.82) is 5.26 Å². The van der Waals surface area contributed by atoms with Gasteiger partial charge in [0.15, 0.2) is 0 Å². The van der Waals surface area contributed by atoms with Crippen LogP contribution >= 0.6 is 0 Å². The van der Waals surface area contributed by atoms with Crippen LogP contribution in [0.1, 0.15) is 15.9 Å². The maximum Gasteiger partial charge on any atom is 0.341 e. The summed E-state index contributed by atoms with van der Waals surface area (Å²) < 4.78 is 4.45. The maximum atomic E-state index is 11.1. The molecule has 0 spiro atoms. The Labute approximate surface area is 74.8 Å². The van der Waals surface area contributed by atoms with Gasteiger partial charge in [-0.25, -0.2) is 4.79 Å². The van der Waals surface area contributed by atoms with Crippen LogP contribution in [0.4, 0.5) is 5.69 Å². The molecule has 5 nitrogen and oxygen atoms in total. The molecule has 66 valence electrons. The summed E-state index contributed by atoms with van der Waals surface area (Å²) in [7, 11) is 1.24. The van der Waals surface area contributed by atoms with E-state index in [2.05, 4.69) is 9.72 Å². The van der Waals surface area contributed by atoms with E-state index in [4.69, 9.17) is 11.0 Å². The van der Waals surface area contributed by atoms with Gasteiger partial charge in [0.2, 0.25) is 0 Å². The molecule has 1 aromatic rings. The van der Waals surface area contributed by atoms with E-state index < -0.39 is 5.97 Å². The van der Waals surface area contributed by atoms with E-state index >= 15 is 0 Å². The van der Waals surface area contributed by atoms with Crippen molar-refractivity contribution in [3.05, 3.63) is 23.5 Å². The van der Waals surface area contributed by atoms with E-state index in [1.54, 1.807) is 0 Å². The number of nitriles is 1. The molecule has 1 heterocycles. The zero-order chi connectivity index (χ0) is 9.84. The van der Waals surface area contributed by atoms with Crippen LogP contribution in [-0.4, -0.2) is 18.1 Å². The van der Waals surface area contributed by atoms with Crippen LogP contribution in [0.3, 0.4) is 0 Å². The van der Waals surface area contributed by atoms with E-state index in [-0.39, 0.29) is 16.8 Å². The quantitative estimate of drug-likeness (QED) is 0.624. The van der Waals surface area contributed by atoms with Crippen molar-refractivity contribution in [3.63, 3.8) is 0 Å². The monoisotopic (exact) mass is 177 g/mol. The number of ether oxygens (including phenoxy) is 1. The van der Waals surface area contributed by atoms with Gasteiger partial charge in [-0.15, -0.1) is 0 Å². The maximum absolute atomic E-state index is 11.1. The Morgan fingerprint density at radius 1 is 1.69 bits per heavy atom. The number of carbonyl (C=O) groups is 1. The molecule has 0 aliphatic rings. The summed E-state index contributed by atoms with van der Waals surface area (Å²) >= 11 is 0. The molecular formula is C8H7N3O2. The Balaban J connectivity index is 3.25. The van der Waals surface area contributed by atoms with Gasteiger partial charge in [0.25, 0.3) is 0 Å². The lowest BCUT2D eigenvalue weighted by Crippen LogP contribution is -2.07. The molecule has 1 aromatic heterocycles. The Hall–Kier alpha value is -2.09. The van der Waals surface area contributed by atoms with Crippen molar-refractivity contribution in [3.8, 4) is 6.07 Å². The number of nitrogens with two attached hydrogens (primary N) is 1. The number of carbonyl (C=O) groups excluding carboxylic acids is 1. The molecule has 0 aliphatic carbocycles. The van der Waals surface area contributed by atoms with Crippen molar-refractivity contribution in [2.24, 2.45) is 0 Å². The number of pyridine rings is 1. The summed E-state index contributed by atoms with van der Waals surface area (Å²) in [5, 5.41) is 8.58. The van der Waals surface area contributed by atoms with Gasteiger partial charge in [-0.05, 0) is 0 Å². The second kappa shape index (κ2) is 3.54. The Bertz CT molecular complexity index is 381. The molecule has 0 unspecified atom stereocenters. The van der Waals surface area contributed by atoms with Gasteiger partial charge in [-0.2, -0.15) is 5.26 Å². The highest BCUT2D eigenvalue weighted by Crippen LogP contribution is 2.15. The first kappa shape index (κ1) is 9.00. The highest BCUT2D eigenvalue weighted by Gasteiger charge is 2.12. The predicted molar refractivity (Wildman–Crippen MR) is 44.7 cm³/mol. The fraction of sp³-hybridized carbons (Fsp3) is 0.125. The summed E-state index contributed by atoms with van der Waals surface area (Å²) in [5.74, 6) is -0.595. The van der Waals surface area contributed by atoms with E-state index in [1.165, 1.54) is 19.5 Å². The van der Waals surface area contributed by atoms with Gasteiger partial charge >= 0.3 is 5.97 Å². The third-order valence-electron chi connectivity index (χ3n) is 1.51. The normalized spacial score (nSPS) is 8.92. The zero-order valence-electron chi connectivity index (χ0n) is 6.94. The number of methoxy groups -OCH3 is 1. The van der Waals surface area contributed by atoms with Crippen LogP contribution in [0.5, 0.6) is 0 Å². The number of hydrogen-bond acceptors (Lipinski definition) is 5. The van der Waals surface area contributed by atoms with Crippen molar-refractivity contribution >= 4 is 11.7 Å². The number of rotatable bonds is 1. The molecule has 1 rings (SSSR count). The fourth-order valence-corrected chi connectivity index (χ4v) is 0.832. The molecule has 0 saturated carbocycles. The molecular weight excluding hydrogens is 170 g/mol. The molecule has 0 aromatic carbocycles. The highest BCUT2D eigenvalue weighted by molar-refractivity contribution is 5.95. The average Bonchev–Trinajstić information content (AvgIpc) is 2.17. The van der Waals surface area contributed by atoms with E-state index in [0.29, 0.717) is 0 Å². The molecule has 13 heavy (non-hydrogen) atoms. The standard InChI is InChI=1S/C8H7N3O2/c1-13-8(12)6-4-11-3-5(2-9)7(6)10/h3-4H,1H3,(H2,10,11). The van der Waals surface area contributed by atoms with Crippen molar-refractivity contribution < 1.29 is 9.53 Å². The molecule has 5 heteroatoms. The molecule has 0 atom stereocenters. The molecule has 2 N–H and O–H groups in total. The molecule has 0 amide bonds. The molecule has 0 saturated heterocycles. The fourth-order valence-electron chi connectivity index (χ4n) is 0.832. The van der Waals surface area contributed by atoms with Gasteiger partial charge in [0, 0.05) is 12.4 Å². The first-order valence-corrected chi connectivity index (χ1v) is 3.42. The van der Waals surface area contributed by atoms with Crippen LogP contribution in [0.2, 0.25) is 0 Å². The number of nitrogens with zero attached hydrogens (tertiary/aromatic N) is 2. The SMILES string of the molecule is COC(=O)c1cncc(C#N)c1N. The Morgan fingerprint density at radius 3 is 2.92 bits per heavy atom. The van der Waals surface area contributed by atoms with Crippen LogP contribution in [-0.2, 0) is 4.74 Å². The van der Waals surface area contributed by atoms with Gasteiger partial charge in [-0.1, -0.05) is 0 Å². The van der Waals surface area contributed by atoms with Crippen LogP contribution in [0.15, 0.2) is 12.4 Å². The van der Waals surface area contributed by atoms with Crippen molar-refractivity contribution in [1.82, 2.24) is 4.98 Å². The van der Waals surface area contributed by atoms with Crippen LogP contribution < -0.4 is 5.73 Å². The summed E-state index contributed by atoms with van der Waals surface area (Å²) in [4.78, 5) is 14.7. The Kier molecular flexibility index (Phi) is 2.45. The van der Waals surface area contributed by atoms with Gasteiger partial charge in [0.1, 0.15) is 11.6 Å². The largest absolute Gasteiger partial charge is 0.465 e. The van der Waals surface area contributed by atoms with Crippen molar-refractivity contribution in [2.75, 3.05) is 12.8 Å². The lowest BCUT2D eigenvalue weighted by Gasteiger charge is -2.02. The molecule has 0 radical (unpaired) electrons. The van der Waals surface area contributed by atoms with Gasteiger partial charge in [-0.3, -0.25) is 4.98 Å². The average molecular weight is 177 g/mol. The summed E-state index contributed by atoms with van der Waals surface area (Å²) in [5.41, 5.74) is 5.89. The third-order valence-corrected chi connectivity index (χ3v) is 1.51. The topological polar surface area (TPSA) is 89.0 Å². The van der Waals surface area contributed by atoms with E-state index in [9.17, 15) is 4.79 Å². The van der Waals surface area contributed by atoms with Crippen LogP contribution in [0, 0.1) is 11.3 Å². The summed E-state index contributed by atoms with van der Waals surface area (Å²) in [6.07, 6.45) is 2.56. The molecule has 0 fully saturated rings. The summed E-state index contributed by atoms with van der Waals surface area (Å²) in [6, 6.07) is 1.82. The molecule has 0 bridgehead atoms. The first-order valence-electron chi connectivity index (χ1n) is 3.42. The van der Waals surface area contributed by atoms with E-state index in [1.807, 2.05) is 6.07 Å². The van der Waals surface area contributed by atoms with Crippen LogP contribution in [0.25, 0.3) is 0 Å². The minimum absolute atomic E-state index is 0.101. The second-order valence-corrected chi connectivity index (χ2v) is 2.25. The number of nitrogen functional groups attached to an aromatic ring is 1. The lowest BCUT2D eigenvalue weighted by molar-refractivity contribution is 0.0601. The number of aromatic nitrogens is 1. The minimum atomic E-state index is -0.595. The first-order chi connectivity index (χ1) is 6.20. The minimum Gasteiger partial charge on any atom is -0.465 e. The highest BCUT2D eigenvalue weighted by atomic mass is 16.5. The number of anilines is 1. The number of hydrogen-bond donors (Lipinski definition) is 1. The smallest absolute Gasteiger partial charge is 0.341 e. The predicted octanol–water partition coefficient (Wildman–Crippen LogP) is 0.322. The Morgan fingerprint density at radius 2 is 2.38 bits per heavy atom. The van der Waals surface area contributed by atoms with Gasteiger partial charge < -0.3 is 10.5 Å². The van der Waals surface area contributed by atoms with Gasteiger partial charge in [0.05, 0.1) is 18.4 Å². The van der Waals surface area contributed by atoms with Crippen molar-refractivity contribution in [2.45, 2.75) is 0 Å². The summed E-state index contributed by atoms with van der Waals surface area (Å²) in [6.45, 7) is 0. The molecule has 0 aliphatic heterocycles. The zero-order valence-corrected chi connectivity index (χ0v) is 6.94. The second-order valence-electron chi connectivity index (χ2n) is 2.25.